The van der Waals surface area contributed by atoms with Crippen LogP contribution in [0.1, 0.15) is 27.6 Å². The molecule has 2 N–H and O–H groups in total. The topological polar surface area (TPSA) is 84.0 Å². The minimum atomic E-state index is -0.565. The van der Waals surface area contributed by atoms with Crippen molar-refractivity contribution in [2.75, 3.05) is 10.6 Å². The first-order valence-corrected chi connectivity index (χ1v) is 8.26. The molecule has 1 aromatic heterocycles. The third kappa shape index (κ3) is 4.65. The summed E-state index contributed by atoms with van der Waals surface area (Å²) in [6.45, 7) is 1.50. The lowest BCUT2D eigenvalue weighted by molar-refractivity contribution is 0.101. The van der Waals surface area contributed by atoms with Gasteiger partial charge in [0.2, 0.25) is 5.95 Å². The van der Waals surface area contributed by atoms with E-state index in [1.165, 1.54) is 37.5 Å². The number of aromatic nitrogens is 2. The van der Waals surface area contributed by atoms with Crippen molar-refractivity contribution in [3.8, 4) is 0 Å². The van der Waals surface area contributed by atoms with Gasteiger partial charge in [-0.25, -0.2) is 14.4 Å². The predicted octanol–water partition coefficient (Wildman–Crippen LogP) is 4.47. The van der Waals surface area contributed by atoms with Crippen molar-refractivity contribution >= 4 is 40.6 Å². The van der Waals surface area contributed by atoms with E-state index in [1.807, 2.05) is 0 Å². The average molecular weight is 385 g/mol. The van der Waals surface area contributed by atoms with E-state index in [-0.39, 0.29) is 16.4 Å². The van der Waals surface area contributed by atoms with Crippen LogP contribution in [-0.2, 0) is 0 Å². The standard InChI is InChI=1S/C19H14ClFN4O2/c1-11(26)12-2-4-14(5-3-12)25-19-22-9-13(10-23-19)18(27)24-15-6-7-17(21)16(20)8-15/h2-10H,1H3,(H,24,27)(H,22,23,25). The van der Waals surface area contributed by atoms with Crippen molar-refractivity contribution in [3.63, 3.8) is 0 Å². The summed E-state index contributed by atoms with van der Waals surface area (Å²) in [6.07, 6.45) is 2.72. The highest BCUT2D eigenvalue weighted by Crippen LogP contribution is 2.20. The molecule has 0 unspecified atom stereocenters. The number of amides is 1. The molecule has 0 atom stereocenters. The SMILES string of the molecule is CC(=O)c1ccc(Nc2ncc(C(=O)Nc3ccc(F)c(Cl)c3)cn2)cc1. The second-order valence-electron chi connectivity index (χ2n) is 5.64. The second-order valence-corrected chi connectivity index (χ2v) is 6.04. The molecule has 0 spiro atoms. The Hall–Kier alpha value is -3.32. The number of carbonyl (C=O) groups excluding carboxylic acids is 2. The van der Waals surface area contributed by atoms with E-state index < -0.39 is 11.7 Å². The van der Waals surface area contributed by atoms with Gasteiger partial charge in [0.15, 0.2) is 5.78 Å². The van der Waals surface area contributed by atoms with E-state index in [9.17, 15) is 14.0 Å². The molecule has 3 aromatic rings. The molecule has 0 aliphatic heterocycles. The highest BCUT2D eigenvalue weighted by molar-refractivity contribution is 6.31. The van der Waals surface area contributed by atoms with Crippen LogP contribution in [0.3, 0.4) is 0 Å². The van der Waals surface area contributed by atoms with E-state index >= 15 is 0 Å². The normalized spacial score (nSPS) is 10.3. The molecular formula is C19H14ClFN4O2. The molecule has 3 rings (SSSR count). The first-order valence-electron chi connectivity index (χ1n) is 7.89. The first-order chi connectivity index (χ1) is 12.9. The smallest absolute Gasteiger partial charge is 0.258 e. The molecule has 2 aromatic carbocycles. The maximum Gasteiger partial charge on any atom is 0.258 e. The number of anilines is 3. The molecule has 6 nitrogen and oxygen atoms in total. The number of hydrogen-bond acceptors (Lipinski definition) is 5. The summed E-state index contributed by atoms with van der Waals surface area (Å²) >= 11 is 5.69. The Morgan fingerprint density at radius 1 is 0.963 bits per heavy atom. The van der Waals surface area contributed by atoms with Gasteiger partial charge < -0.3 is 10.6 Å². The number of nitrogens with zero attached hydrogens (tertiary/aromatic N) is 2. The molecular weight excluding hydrogens is 371 g/mol. The number of nitrogens with one attached hydrogen (secondary N) is 2. The highest BCUT2D eigenvalue weighted by Gasteiger charge is 2.09. The van der Waals surface area contributed by atoms with Crippen LogP contribution in [-0.4, -0.2) is 21.7 Å². The van der Waals surface area contributed by atoms with E-state index in [4.69, 9.17) is 11.6 Å². The first kappa shape index (κ1) is 18.5. The quantitative estimate of drug-likeness (QED) is 0.634. The van der Waals surface area contributed by atoms with Crippen molar-refractivity contribution in [3.05, 3.63) is 76.8 Å². The summed E-state index contributed by atoms with van der Waals surface area (Å²) in [6, 6.07) is 10.7. The number of rotatable bonds is 5. The number of Topliss-reactive ketones (excluding diaryl/α,β-unsaturated/α-hetero) is 1. The molecule has 1 heterocycles. The predicted molar refractivity (Wildman–Crippen MR) is 101 cm³/mol. The lowest BCUT2D eigenvalue weighted by Crippen LogP contribution is -2.13. The van der Waals surface area contributed by atoms with Crippen LogP contribution in [0.15, 0.2) is 54.9 Å². The molecule has 0 bridgehead atoms. The van der Waals surface area contributed by atoms with Gasteiger partial charge in [-0.3, -0.25) is 9.59 Å². The van der Waals surface area contributed by atoms with Crippen molar-refractivity contribution < 1.29 is 14.0 Å². The zero-order chi connectivity index (χ0) is 19.4. The van der Waals surface area contributed by atoms with E-state index in [0.29, 0.717) is 22.9 Å². The van der Waals surface area contributed by atoms with Gasteiger partial charge >= 0.3 is 0 Å². The van der Waals surface area contributed by atoms with Gasteiger partial charge in [0.05, 0.1) is 10.6 Å². The summed E-state index contributed by atoms with van der Waals surface area (Å²) in [5.41, 5.74) is 1.90. The van der Waals surface area contributed by atoms with E-state index in [1.54, 1.807) is 24.3 Å². The number of halogens is 2. The Balaban J connectivity index is 1.66. The number of ketones is 1. The van der Waals surface area contributed by atoms with E-state index in [0.717, 1.165) is 0 Å². The summed E-state index contributed by atoms with van der Waals surface area (Å²) in [7, 11) is 0. The molecule has 0 fully saturated rings. The van der Waals surface area contributed by atoms with Crippen LogP contribution in [0.4, 0.5) is 21.7 Å². The maximum absolute atomic E-state index is 13.2. The molecule has 0 aliphatic rings. The monoisotopic (exact) mass is 384 g/mol. The molecule has 8 heteroatoms. The third-order valence-electron chi connectivity index (χ3n) is 3.64. The lowest BCUT2D eigenvalue weighted by atomic mass is 10.1. The zero-order valence-corrected chi connectivity index (χ0v) is 14.9. The fourth-order valence-corrected chi connectivity index (χ4v) is 2.38. The number of hydrogen-bond donors (Lipinski definition) is 2. The van der Waals surface area contributed by atoms with Gasteiger partial charge in [-0.15, -0.1) is 0 Å². The van der Waals surface area contributed by atoms with Crippen molar-refractivity contribution in [2.24, 2.45) is 0 Å². The third-order valence-corrected chi connectivity index (χ3v) is 3.93. The van der Waals surface area contributed by atoms with Gasteiger partial charge in [0, 0.05) is 29.3 Å². The zero-order valence-electron chi connectivity index (χ0n) is 14.2. The summed E-state index contributed by atoms with van der Waals surface area (Å²) in [5.74, 6) is -0.734. The fraction of sp³-hybridized carbons (Fsp3) is 0.0526. The second kappa shape index (κ2) is 7.92. The van der Waals surface area contributed by atoms with E-state index in [2.05, 4.69) is 20.6 Å². The largest absolute Gasteiger partial charge is 0.324 e. The van der Waals surface area contributed by atoms with Gasteiger partial charge in [-0.05, 0) is 49.4 Å². The minimum Gasteiger partial charge on any atom is -0.324 e. The van der Waals surface area contributed by atoms with Gasteiger partial charge in [0.25, 0.3) is 5.91 Å². The van der Waals surface area contributed by atoms with Gasteiger partial charge in [0.1, 0.15) is 5.82 Å². The van der Waals surface area contributed by atoms with Gasteiger partial charge in [-0.1, -0.05) is 11.6 Å². The fourth-order valence-electron chi connectivity index (χ4n) is 2.20. The van der Waals surface area contributed by atoms with Gasteiger partial charge in [-0.2, -0.15) is 0 Å². The molecule has 1 amide bonds. The van der Waals surface area contributed by atoms with Crippen LogP contribution < -0.4 is 10.6 Å². The van der Waals surface area contributed by atoms with Crippen LogP contribution in [0.25, 0.3) is 0 Å². The van der Waals surface area contributed by atoms with Crippen molar-refractivity contribution in [1.82, 2.24) is 9.97 Å². The Morgan fingerprint density at radius 2 is 1.59 bits per heavy atom. The Bertz CT molecular complexity index is 992. The summed E-state index contributed by atoms with van der Waals surface area (Å²) in [4.78, 5) is 31.7. The average Bonchev–Trinajstić information content (AvgIpc) is 2.66. The molecule has 0 saturated heterocycles. The molecule has 0 saturated carbocycles. The number of benzene rings is 2. The van der Waals surface area contributed by atoms with Crippen molar-refractivity contribution in [2.45, 2.75) is 6.92 Å². The Morgan fingerprint density at radius 3 is 2.19 bits per heavy atom. The van der Waals surface area contributed by atoms with Crippen molar-refractivity contribution in [1.29, 1.82) is 0 Å². The Labute approximate surface area is 159 Å². The highest BCUT2D eigenvalue weighted by atomic mass is 35.5. The maximum atomic E-state index is 13.2. The molecule has 0 aliphatic carbocycles. The van der Waals surface area contributed by atoms with Crippen LogP contribution in [0.5, 0.6) is 0 Å². The molecule has 27 heavy (non-hydrogen) atoms. The Kier molecular flexibility index (Phi) is 5.42. The van der Waals surface area contributed by atoms with Crippen LogP contribution in [0.2, 0.25) is 5.02 Å². The summed E-state index contributed by atoms with van der Waals surface area (Å²) in [5, 5.41) is 5.48. The summed E-state index contributed by atoms with van der Waals surface area (Å²) < 4.78 is 13.2. The van der Waals surface area contributed by atoms with Crippen LogP contribution >= 0.6 is 11.6 Å². The number of carbonyl (C=O) groups is 2. The lowest BCUT2D eigenvalue weighted by Gasteiger charge is -2.07. The van der Waals surface area contributed by atoms with Crippen LogP contribution in [0, 0.1) is 5.82 Å². The molecule has 136 valence electrons. The minimum absolute atomic E-state index is 0.0180. The molecule has 0 radical (unpaired) electrons.